The summed E-state index contributed by atoms with van der Waals surface area (Å²) < 4.78 is 44.5. The predicted molar refractivity (Wildman–Crippen MR) is 103 cm³/mol. The highest BCUT2D eigenvalue weighted by molar-refractivity contribution is 6.00. The number of nitrogens with one attached hydrogen (secondary N) is 1. The number of ketones is 1. The van der Waals surface area contributed by atoms with E-state index in [1.165, 1.54) is 0 Å². The standard InChI is InChI=1S/C21H23F3N2O4/c1-12(2)26-13(3)9-17(14(26)4)18(27)11-30-19(28)10-25-20(29)15-5-7-16(8-6-15)21(22,23)24/h5-9,12H,10-11H2,1-4H3,(H,25,29). The van der Waals surface area contributed by atoms with Gasteiger partial charge in [0.2, 0.25) is 5.78 Å². The topological polar surface area (TPSA) is 77.4 Å². The molecule has 0 aliphatic carbocycles. The van der Waals surface area contributed by atoms with Gasteiger partial charge in [0.15, 0.2) is 6.61 Å². The summed E-state index contributed by atoms with van der Waals surface area (Å²) in [5.41, 5.74) is 1.24. The Morgan fingerprint density at radius 3 is 2.20 bits per heavy atom. The molecule has 30 heavy (non-hydrogen) atoms. The number of aromatic nitrogens is 1. The Bertz CT molecular complexity index is 944. The first-order valence-corrected chi connectivity index (χ1v) is 9.24. The minimum absolute atomic E-state index is 0.0343. The molecular formula is C21H23F3N2O4. The van der Waals surface area contributed by atoms with Crippen LogP contribution in [0.1, 0.15) is 57.6 Å². The van der Waals surface area contributed by atoms with E-state index in [2.05, 4.69) is 5.32 Å². The third kappa shape index (κ3) is 5.49. The van der Waals surface area contributed by atoms with Gasteiger partial charge >= 0.3 is 12.1 Å². The molecule has 2 aromatic rings. The minimum Gasteiger partial charge on any atom is -0.456 e. The van der Waals surface area contributed by atoms with Gasteiger partial charge in [-0.3, -0.25) is 14.4 Å². The molecule has 2 rings (SSSR count). The molecule has 162 valence electrons. The van der Waals surface area contributed by atoms with Gasteiger partial charge in [-0.05, 0) is 58.0 Å². The monoisotopic (exact) mass is 424 g/mol. The zero-order chi connectivity index (χ0) is 22.6. The summed E-state index contributed by atoms with van der Waals surface area (Å²) in [6.07, 6.45) is -4.50. The lowest BCUT2D eigenvalue weighted by atomic mass is 10.1. The van der Waals surface area contributed by atoms with E-state index < -0.39 is 36.8 Å². The van der Waals surface area contributed by atoms with Crippen molar-refractivity contribution in [3.8, 4) is 0 Å². The molecule has 6 nitrogen and oxygen atoms in total. The Hall–Kier alpha value is -3.10. The summed E-state index contributed by atoms with van der Waals surface area (Å²) in [6.45, 7) is 6.69. The Balaban J connectivity index is 1.87. The van der Waals surface area contributed by atoms with Crippen molar-refractivity contribution in [2.75, 3.05) is 13.2 Å². The van der Waals surface area contributed by atoms with Crippen molar-refractivity contribution in [1.82, 2.24) is 9.88 Å². The summed E-state index contributed by atoms with van der Waals surface area (Å²) in [5.74, 6) is -1.92. The van der Waals surface area contributed by atoms with Crippen LogP contribution in [0.3, 0.4) is 0 Å². The fraction of sp³-hybridized carbons (Fsp3) is 0.381. The van der Waals surface area contributed by atoms with E-state index in [1.807, 2.05) is 32.3 Å². The van der Waals surface area contributed by atoms with Gasteiger partial charge in [-0.15, -0.1) is 0 Å². The number of halogens is 3. The van der Waals surface area contributed by atoms with Crippen LogP contribution in [0.5, 0.6) is 0 Å². The lowest BCUT2D eigenvalue weighted by Crippen LogP contribution is -2.31. The van der Waals surface area contributed by atoms with Gasteiger partial charge in [-0.1, -0.05) is 0 Å². The smallest absolute Gasteiger partial charge is 0.416 e. The average molecular weight is 424 g/mol. The normalized spacial score (nSPS) is 11.5. The highest BCUT2D eigenvalue weighted by atomic mass is 19.4. The molecule has 0 aliphatic heterocycles. The van der Waals surface area contributed by atoms with E-state index >= 15 is 0 Å². The average Bonchev–Trinajstić information content (AvgIpc) is 2.97. The first-order valence-electron chi connectivity index (χ1n) is 9.24. The number of hydrogen-bond acceptors (Lipinski definition) is 4. The van der Waals surface area contributed by atoms with Crippen LogP contribution in [-0.2, 0) is 15.7 Å². The number of Topliss-reactive ketones (excluding diaryl/α,β-unsaturated/α-hetero) is 1. The number of nitrogens with zero attached hydrogens (tertiary/aromatic N) is 1. The van der Waals surface area contributed by atoms with E-state index in [0.29, 0.717) is 5.56 Å². The van der Waals surface area contributed by atoms with Gasteiger partial charge in [0, 0.05) is 28.6 Å². The van der Waals surface area contributed by atoms with Crippen molar-refractivity contribution >= 4 is 17.7 Å². The van der Waals surface area contributed by atoms with Crippen LogP contribution in [0.25, 0.3) is 0 Å². The third-order valence-corrected chi connectivity index (χ3v) is 4.53. The summed E-state index contributed by atoms with van der Waals surface area (Å²) in [5, 5.41) is 2.25. The quantitative estimate of drug-likeness (QED) is 0.541. The second-order valence-corrected chi connectivity index (χ2v) is 7.09. The Kier molecular flexibility index (Phi) is 7.07. The number of alkyl halides is 3. The molecular weight excluding hydrogens is 401 g/mol. The van der Waals surface area contributed by atoms with Crippen LogP contribution >= 0.6 is 0 Å². The molecule has 0 fully saturated rings. The number of rotatable bonds is 7. The maximum atomic E-state index is 12.5. The molecule has 1 heterocycles. The van der Waals surface area contributed by atoms with E-state index in [1.54, 1.807) is 6.07 Å². The van der Waals surface area contributed by atoms with E-state index in [4.69, 9.17) is 4.74 Å². The van der Waals surface area contributed by atoms with Crippen molar-refractivity contribution in [3.05, 3.63) is 58.4 Å². The first-order chi connectivity index (χ1) is 13.9. The molecule has 0 bridgehead atoms. The maximum absolute atomic E-state index is 12.5. The Labute approximate surface area is 172 Å². The number of hydrogen-bond donors (Lipinski definition) is 1. The lowest BCUT2D eigenvalue weighted by Gasteiger charge is -2.13. The van der Waals surface area contributed by atoms with Crippen LogP contribution < -0.4 is 5.32 Å². The fourth-order valence-electron chi connectivity index (χ4n) is 3.19. The number of aryl methyl sites for hydroxylation is 1. The number of amides is 1. The van der Waals surface area contributed by atoms with Crippen LogP contribution in [0.15, 0.2) is 30.3 Å². The first kappa shape index (κ1) is 23.2. The molecule has 0 aliphatic rings. The van der Waals surface area contributed by atoms with Gasteiger partial charge in [0.05, 0.1) is 5.56 Å². The zero-order valence-corrected chi connectivity index (χ0v) is 17.1. The second kappa shape index (κ2) is 9.15. The number of carbonyl (C=O) groups excluding carboxylic acids is 3. The van der Waals surface area contributed by atoms with E-state index in [0.717, 1.165) is 35.7 Å². The van der Waals surface area contributed by atoms with Gasteiger partial charge in [0.25, 0.3) is 5.91 Å². The highest BCUT2D eigenvalue weighted by Crippen LogP contribution is 2.29. The summed E-state index contributed by atoms with van der Waals surface area (Å²) >= 11 is 0. The van der Waals surface area contributed by atoms with Crippen molar-refractivity contribution in [3.63, 3.8) is 0 Å². The predicted octanol–water partition coefficient (Wildman–Crippen LogP) is 3.86. The lowest BCUT2D eigenvalue weighted by molar-refractivity contribution is -0.141. The molecule has 1 amide bonds. The summed E-state index contributed by atoms with van der Waals surface area (Å²) in [6, 6.07) is 5.49. The number of benzene rings is 1. The summed E-state index contributed by atoms with van der Waals surface area (Å²) in [4.78, 5) is 36.1. The number of ether oxygens (including phenoxy) is 1. The fourth-order valence-corrected chi connectivity index (χ4v) is 3.19. The molecule has 9 heteroatoms. The van der Waals surface area contributed by atoms with E-state index in [9.17, 15) is 27.6 Å². The van der Waals surface area contributed by atoms with Gasteiger partial charge in [0.1, 0.15) is 6.54 Å². The number of carbonyl (C=O) groups is 3. The highest BCUT2D eigenvalue weighted by Gasteiger charge is 2.30. The molecule has 0 unspecified atom stereocenters. The zero-order valence-electron chi connectivity index (χ0n) is 17.1. The molecule has 0 spiro atoms. The van der Waals surface area contributed by atoms with Gasteiger partial charge in [-0.25, -0.2) is 0 Å². The van der Waals surface area contributed by atoms with Crippen molar-refractivity contribution in [2.45, 2.75) is 39.9 Å². The van der Waals surface area contributed by atoms with Crippen LogP contribution in [-0.4, -0.2) is 35.4 Å². The van der Waals surface area contributed by atoms with Crippen LogP contribution in [0.2, 0.25) is 0 Å². The third-order valence-electron chi connectivity index (χ3n) is 4.53. The SMILES string of the molecule is Cc1cc(C(=O)COC(=O)CNC(=O)c2ccc(C(F)(F)F)cc2)c(C)n1C(C)C. The van der Waals surface area contributed by atoms with E-state index in [-0.39, 0.29) is 17.4 Å². The Morgan fingerprint density at radius 2 is 1.70 bits per heavy atom. The molecule has 0 saturated carbocycles. The van der Waals surface area contributed by atoms with Crippen LogP contribution in [0.4, 0.5) is 13.2 Å². The number of esters is 1. The van der Waals surface area contributed by atoms with Crippen LogP contribution in [0, 0.1) is 13.8 Å². The van der Waals surface area contributed by atoms with Crippen molar-refractivity contribution in [2.24, 2.45) is 0 Å². The summed E-state index contributed by atoms with van der Waals surface area (Å²) in [7, 11) is 0. The molecule has 1 N–H and O–H groups in total. The van der Waals surface area contributed by atoms with Crippen molar-refractivity contribution < 1.29 is 32.3 Å². The second-order valence-electron chi connectivity index (χ2n) is 7.09. The molecule has 0 saturated heterocycles. The van der Waals surface area contributed by atoms with Gasteiger partial charge < -0.3 is 14.6 Å². The minimum atomic E-state index is -4.50. The van der Waals surface area contributed by atoms with Crippen molar-refractivity contribution in [1.29, 1.82) is 0 Å². The molecule has 0 atom stereocenters. The molecule has 0 radical (unpaired) electrons. The molecule has 1 aromatic carbocycles. The maximum Gasteiger partial charge on any atom is 0.416 e. The largest absolute Gasteiger partial charge is 0.456 e. The van der Waals surface area contributed by atoms with Gasteiger partial charge in [-0.2, -0.15) is 13.2 Å². The molecule has 1 aromatic heterocycles. The Morgan fingerprint density at radius 1 is 1.10 bits per heavy atom.